The zero-order chi connectivity index (χ0) is 11.6. The average Bonchev–Trinajstić information content (AvgIpc) is 2.30. The molecule has 4 heteroatoms. The molecule has 3 nitrogen and oxygen atoms in total. The lowest BCUT2D eigenvalue weighted by molar-refractivity contribution is -0.110. The second kappa shape index (κ2) is 4.47. The molecule has 16 heavy (non-hydrogen) atoms. The number of nitrogens with zero attached hydrogens (tertiary/aromatic N) is 1. The van der Waals surface area contributed by atoms with Crippen molar-refractivity contribution in [1.82, 2.24) is 10.3 Å². The lowest BCUT2D eigenvalue weighted by Gasteiger charge is -2.38. The van der Waals surface area contributed by atoms with Crippen LogP contribution in [-0.4, -0.2) is 23.7 Å². The monoisotopic (exact) mass is 224 g/mol. The summed E-state index contributed by atoms with van der Waals surface area (Å²) in [4.78, 5) is 4.06. The summed E-state index contributed by atoms with van der Waals surface area (Å²) < 4.78 is 18.8. The maximum atomic E-state index is 12.8. The minimum atomic E-state index is -0.314. The number of ether oxygens (including phenoxy) is 1. The summed E-state index contributed by atoms with van der Waals surface area (Å²) in [6, 6.07) is 3.10. The average molecular weight is 224 g/mol. The van der Waals surface area contributed by atoms with Crippen LogP contribution in [0.3, 0.4) is 0 Å². The van der Waals surface area contributed by atoms with Gasteiger partial charge in [-0.3, -0.25) is 4.98 Å². The topological polar surface area (TPSA) is 34.2 Å². The van der Waals surface area contributed by atoms with Crippen molar-refractivity contribution in [3.8, 4) is 0 Å². The first-order valence-electron chi connectivity index (χ1n) is 5.63. The predicted octanol–water partition coefficient (Wildman–Crippen LogP) is 2.05. The normalized spacial score (nSPS) is 30.3. The van der Waals surface area contributed by atoms with Gasteiger partial charge in [-0.05, 0) is 25.5 Å². The number of rotatable bonds is 2. The molecule has 1 aromatic rings. The smallest absolute Gasteiger partial charge is 0.141 e. The minimum absolute atomic E-state index is 0.0840. The molecule has 2 heterocycles. The first-order valence-corrected chi connectivity index (χ1v) is 5.63. The summed E-state index contributed by atoms with van der Waals surface area (Å²) in [5.74, 6) is -0.314. The quantitative estimate of drug-likeness (QED) is 0.834. The van der Waals surface area contributed by atoms with Gasteiger partial charge in [0.1, 0.15) is 11.9 Å². The van der Waals surface area contributed by atoms with E-state index >= 15 is 0 Å². The fourth-order valence-corrected chi connectivity index (χ4v) is 1.85. The largest absolute Gasteiger partial charge is 0.363 e. The van der Waals surface area contributed by atoms with Crippen molar-refractivity contribution in [2.75, 3.05) is 13.1 Å². The van der Waals surface area contributed by atoms with Gasteiger partial charge < -0.3 is 10.1 Å². The summed E-state index contributed by atoms with van der Waals surface area (Å²) in [6.07, 6.45) is 2.09. The highest BCUT2D eigenvalue weighted by Gasteiger charge is 2.32. The molecule has 1 aliphatic heterocycles. The Kier molecular flexibility index (Phi) is 3.21. The van der Waals surface area contributed by atoms with Crippen molar-refractivity contribution < 1.29 is 9.13 Å². The molecule has 0 bridgehead atoms. The summed E-state index contributed by atoms with van der Waals surface area (Å²) in [5, 5.41) is 3.33. The van der Waals surface area contributed by atoms with E-state index < -0.39 is 0 Å². The molecule has 1 aliphatic rings. The predicted molar refractivity (Wildman–Crippen MR) is 59.6 cm³/mol. The van der Waals surface area contributed by atoms with Gasteiger partial charge in [0.15, 0.2) is 0 Å². The third kappa shape index (κ3) is 2.39. The Bertz CT molecular complexity index is 355. The Morgan fingerprint density at radius 2 is 2.44 bits per heavy atom. The van der Waals surface area contributed by atoms with E-state index in [1.54, 1.807) is 6.07 Å². The zero-order valence-electron chi connectivity index (χ0n) is 9.66. The molecule has 0 amide bonds. The number of hydrogen-bond donors (Lipinski definition) is 1. The first-order chi connectivity index (χ1) is 7.63. The van der Waals surface area contributed by atoms with Crippen LogP contribution in [0.1, 0.15) is 32.1 Å². The Labute approximate surface area is 95.0 Å². The van der Waals surface area contributed by atoms with E-state index in [4.69, 9.17) is 4.74 Å². The Balaban J connectivity index is 2.12. The van der Waals surface area contributed by atoms with Crippen molar-refractivity contribution in [3.63, 3.8) is 0 Å². The fraction of sp³-hybridized carbons (Fsp3) is 0.583. The van der Waals surface area contributed by atoms with Crippen LogP contribution in [0.15, 0.2) is 18.3 Å². The molecule has 2 atom stereocenters. The molecule has 1 aromatic heterocycles. The molecule has 2 rings (SSSR count). The number of aromatic nitrogens is 1. The molecule has 0 aromatic carbocycles. The second-order valence-electron chi connectivity index (χ2n) is 4.44. The van der Waals surface area contributed by atoms with Gasteiger partial charge in [-0.25, -0.2) is 4.39 Å². The van der Waals surface area contributed by atoms with Crippen LogP contribution < -0.4 is 5.32 Å². The Hall–Kier alpha value is -1.00. The van der Waals surface area contributed by atoms with Crippen LogP contribution in [0.5, 0.6) is 0 Å². The van der Waals surface area contributed by atoms with Crippen molar-refractivity contribution in [2.24, 2.45) is 0 Å². The zero-order valence-corrected chi connectivity index (χ0v) is 9.66. The van der Waals surface area contributed by atoms with Crippen molar-refractivity contribution in [1.29, 1.82) is 0 Å². The number of morpholine rings is 1. The molecular weight excluding hydrogens is 207 g/mol. The van der Waals surface area contributed by atoms with Gasteiger partial charge in [-0.2, -0.15) is 0 Å². The van der Waals surface area contributed by atoms with Crippen LogP contribution in [0.4, 0.5) is 4.39 Å². The van der Waals surface area contributed by atoms with E-state index in [1.807, 2.05) is 0 Å². The van der Waals surface area contributed by atoms with Crippen LogP contribution in [0, 0.1) is 5.82 Å². The molecule has 0 aliphatic carbocycles. The summed E-state index contributed by atoms with van der Waals surface area (Å²) >= 11 is 0. The molecule has 0 radical (unpaired) electrons. The molecule has 1 saturated heterocycles. The van der Waals surface area contributed by atoms with Gasteiger partial charge in [-0.15, -0.1) is 0 Å². The standard InChI is InChI=1S/C12H17FN2O/c1-3-12(2)8-14-7-11(16-12)10-5-4-9(13)6-15-10/h4-6,11,14H,3,7-8H2,1-2H3. The van der Waals surface area contributed by atoms with E-state index in [2.05, 4.69) is 24.1 Å². The maximum Gasteiger partial charge on any atom is 0.141 e. The molecule has 88 valence electrons. The van der Waals surface area contributed by atoms with Gasteiger partial charge >= 0.3 is 0 Å². The molecule has 1 N–H and O–H groups in total. The van der Waals surface area contributed by atoms with E-state index in [0.717, 1.165) is 25.2 Å². The van der Waals surface area contributed by atoms with Gasteiger partial charge in [0.2, 0.25) is 0 Å². The lowest BCUT2D eigenvalue weighted by atomic mass is 10.00. The first kappa shape index (κ1) is 11.5. The summed E-state index contributed by atoms with van der Waals surface area (Å²) in [7, 11) is 0. The van der Waals surface area contributed by atoms with E-state index in [0.29, 0.717) is 0 Å². The van der Waals surface area contributed by atoms with Crippen LogP contribution in [0.2, 0.25) is 0 Å². The number of nitrogens with one attached hydrogen (secondary N) is 1. The van der Waals surface area contributed by atoms with E-state index in [-0.39, 0.29) is 17.5 Å². The second-order valence-corrected chi connectivity index (χ2v) is 4.44. The van der Waals surface area contributed by atoms with Crippen LogP contribution in [0.25, 0.3) is 0 Å². The number of hydrogen-bond acceptors (Lipinski definition) is 3. The van der Waals surface area contributed by atoms with Crippen molar-refractivity contribution in [3.05, 3.63) is 29.8 Å². The van der Waals surface area contributed by atoms with Gasteiger partial charge in [0.25, 0.3) is 0 Å². The third-order valence-corrected chi connectivity index (χ3v) is 3.08. The number of pyridine rings is 1. The highest BCUT2D eigenvalue weighted by atomic mass is 19.1. The van der Waals surface area contributed by atoms with Crippen LogP contribution in [-0.2, 0) is 4.74 Å². The lowest BCUT2D eigenvalue weighted by Crippen LogP contribution is -2.48. The molecule has 1 fully saturated rings. The summed E-state index contributed by atoms with van der Waals surface area (Å²) in [6.45, 7) is 5.76. The van der Waals surface area contributed by atoms with Crippen molar-refractivity contribution >= 4 is 0 Å². The Morgan fingerprint density at radius 3 is 3.06 bits per heavy atom. The molecule has 0 saturated carbocycles. The summed E-state index contributed by atoms with van der Waals surface area (Å²) in [5.41, 5.74) is 0.632. The Morgan fingerprint density at radius 1 is 1.62 bits per heavy atom. The van der Waals surface area contributed by atoms with Gasteiger partial charge in [0.05, 0.1) is 17.5 Å². The fourth-order valence-electron chi connectivity index (χ4n) is 1.85. The molecule has 2 unspecified atom stereocenters. The SMILES string of the molecule is CCC1(C)CNCC(c2ccc(F)cn2)O1. The van der Waals surface area contributed by atoms with Crippen LogP contribution >= 0.6 is 0 Å². The third-order valence-electron chi connectivity index (χ3n) is 3.08. The van der Waals surface area contributed by atoms with E-state index in [1.165, 1.54) is 12.3 Å². The van der Waals surface area contributed by atoms with Gasteiger partial charge in [0, 0.05) is 13.1 Å². The van der Waals surface area contributed by atoms with Gasteiger partial charge in [-0.1, -0.05) is 6.92 Å². The highest BCUT2D eigenvalue weighted by Crippen LogP contribution is 2.28. The van der Waals surface area contributed by atoms with E-state index in [9.17, 15) is 4.39 Å². The highest BCUT2D eigenvalue weighted by molar-refractivity contribution is 5.10. The molecular formula is C12H17FN2O. The van der Waals surface area contributed by atoms with Crippen molar-refractivity contribution in [2.45, 2.75) is 32.0 Å². The molecule has 0 spiro atoms. The minimum Gasteiger partial charge on any atom is -0.363 e. The maximum absolute atomic E-state index is 12.8. The number of halogens is 1.